The third-order valence-corrected chi connectivity index (χ3v) is 4.08. The lowest BCUT2D eigenvalue weighted by Gasteiger charge is -2.32. The number of piperidine rings is 1. The van der Waals surface area contributed by atoms with Gasteiger partial charge in [0.25, 0.3) is 6.01 Å². The molecule has 2 heterocycles. The summed E-state index contributed by atoms with van der Waals surface area (Å²) < 4.78 is 11.3. The minimum atomic E-state index is -0.105. The standard InChI is InChI=1S/C17H24N4O3/c1-4-23-13-6-5-9-21(11-13)16(22)18-12-7-8-14-15(10-12)24-17(19-14)20(2)3/h7-8,10,13H,4-6,9,11H2,1-3H3,(H,18,22). The quantitative estimate of drug-likeness (QED) is 0.932. The summed E-state index contributed by atoms with van der Waals surface area (Å²) in [6, 6.07) is 5.93. The molecule has 1 aliphatic rings. The number of rotatable bonds is 4. The fourth-order valence-corrected chi connectivity index (χ4v) is 2.88. The van der Waals surface area contributed by atoms with Crippen molar-refractivity contribution in [3.8, 4) is 0 Å². The smallest absolute Gasteiger partial charge is 0.321 e. The van der Waals surface area contributed by atoms with Crippen LogP contribution in [0.5, 0.6) is 0 Å². The summed E-state index contributed by atoms with van der Waals surface area (Å²) in [6.45, 7) is 4.05. The topological polar surface area (TPSA) is 70.8 Å². The van der Waals surface area contributed by atoms with E-state index in [1.807, 2.05) is 33.2 Å². The number of hydrogen-bond acceptors (Lipinski definition) is 5. The van der Waals surface area contributed by atoms with Crippen molar-refractivity contribution >= 4 is 28.8 Å². The number of oxazole rings is 1. The third-order valence-electron chi connectivity index (χ3n) is 4.08. The van der Waals surface area contributed by atoms with Crippen LogP contribution in [-0.4, -0.2) is 55.8 Å². The van der Waals surface area contributed by atoms with Gasteiger partial charge in [0.1, 0.15) is 5.52 Å². The molecular weight excluding hydrogens is 308 g/mol. The van der Waals surface area contributed by atoms with Gasteiger partial charge in [0.05, 0.1) is 6.10 Å². The van der Waals surface area contributed by atoms with E-state index in [1.54, 1.807) is 15.9 Å². The normalized spacial score (nSPS) is 18.0. The van der Waals surface area contributed by atoms with Crippen molar-refractivity contribution < 1.29 is 13.9 Å². The summed E-state index contributed by atoms with van der Waals surface area (Å²) in [7, 11) is 3.75. The van der Waals surface area contributed by atoms with Gasteiger partial charge in [0.15, 0.2) is 5.58 Å². The fourth-order valence-electron chi connectivity index (χ4n) is 2.88. The van der Waals surface area contributed by atoms with E-state index in [4.69, 9.17) is 9.15 Å². The molecule has 1 atom stereocenters. The molecule has 1 N–H and O–H groups in total. The highest BCUT2D eigenvalue weighted by molar-refractivity contribution is 5.91. The van der Waals surface area contributed by atoms with Crippen LogP contribution in [0.15, 0.2) is 22.6 Å². The zero-order valence-corrected chi connectivity index (χ0v) is 14.4. The van der Waals surface area contributed by atoms with Gasteiger partial charge in [-0.05, 0) is 31.9 Å². The number of amides is 2. The molecule has 1 aromatic heterocycles. The maximum absolute atomic E-state index is 12.5. The van der Waals surface area contributed by atoms with Crippen molar-refractivity contribution in [3.63, 3.8) is 0 Å². The summed E-state index contributed by atoms with van der Waals surface area (Å²) in [5.74, 6) is 0. The second-order valence-electron chi connectivity index (χ2n) is 6.17. The Morgan fingerprint density at radius 1 is 1.50 bits per heavy atom. The van der Waals surface area contributed by atoms with Crippen LogP contribution in [0.2, 0.25) is 0 Å². The van der Waals surface area contributed by atoms with Crippen molar-refractivity contribution in [3.05, 3.63) is 18.2 Å². The van der Waals surface area contributed by atoms with Gasteiger partial charge in [0.2, 0.25) is 0 Å². The lowest BCUT2D eigenvalue weighted by molar-refractivity contribution is 0.0181. The van der Waals surface area contributed by atoms with E-state index in [-0.39, 0.29) is 12.1 Å². The van der Waals surface area contributed by atoms with Crippen LogP contribution in [-0.2, 0) is 4.74 Å². The van der Waals surface area contributed by atoms with Gasteiger partial charge >= 0.3 is 6.03 Å². The molecule has 2 amide bonds. The first-order valence-corrected chi connectivity index (χ1v) is 8.32. The van der Waals surface area contributed by atoms with Crippen molar-refractivity contribution in [2.75, 3.05) is 44.0 Å². The van der Waals surface area contributed by atoms with Gasteiger partial charge in [-0.3, -0.25) is 0 Å². The molecule has 7 heteroatoms. The number of nitrogens with one attached hydrogen (secondary N) is 1. The van der Waals surface area contributed by atoms with E-state index in [9.17, 15) is 4.79 Å². The van der Waals surface area contributed by atoms with Crippen LogP contribution in [0, 0.1) is 0 Å². The number of aromatic nitrogens is 1. The lowest BCUT2D eigenvalue weighted by Crippen LogP contribution is -2.45. The number of hydrogen-bond donors (Lipinski definition) is 1. The summed E-state index contributed by atoms with van der Waals surface area (Å²) >= 11 is 0. The molecule has 2 aromatic rings. The Morgan fingerprint density at radius 2 is 2.33 bits per heavy atom. The summed E-state index contributed by atoms with van der Waals surface area (Å²) in [4.78, 5) is 20.5. The van der Waals surface area contributed by atoms with Crippen molar-refractivity contribution in [2.24, 2.45) is 0 Å². The second kappa shape index (κ2) is 7.09. The summed E-state index contributed by atoms with van der Waals surface area (Å²) in [5, 5.41) is 2.93. The molecule has 0 bridgehead atoms. The monoisotopic (exact) mass is 332 g/mol. The van der Waals surface area contributed by atoms with Gasteiger partial charge < -0.3 is 24.3 Å². The van der Waals surface area contributed by atoms with Crippen molar-refractivity contribution in [1.29, 1.82) is 0 Å². The van der Waals surface area contributed by atoms with Crippen LogP contribution in [0.1, 0.15) is 19.8 Å². The number of ether oxygens (including phenoxy) is 1. The molecule has 0 radical (unpaired) electrons. The number of urea groups is 1. The zero-order valence-electron chi connectivity index (χ0n) is 14.4. The molecule has 3 rings (SSSR count). The SMILES string of the molecule is CCOC1CCCN(C(=O)Nc2ccc3nc(N(C)C)oc3c2)C1. The molecule has 1 unspecified atom stereocenters. The average molecular weight is 332 g/mol. The van der Waals surface area contributed by atoms with Gasteiger partial charge in [-0.25, -0.2) is 4.79 Å². The molecule has 0 aliphatic carbocycles. The molecule has 0 saturated carbocycles. The fraction of sp³-hybridized carbons (Fsp3) is 0.529. The molecule has 1 fully saturated rings. The molecular formula is C17H24N4O3. The van der Waals surface area contributed by atoms with Crippen LogP contribution in [0.25, 0.3) is 11.1 Å². The van der Waals surface area contributed by atoms with Crippen LogP contribution in [0.3, 0.4) is 0 Å². The Morgan fingerprint density at radius 3 is 3.08 bits per heavy atom. The average Bonchev–Trinajstić information content (AvgIpc) is 2.99. The highest BCUT2D eigenvalue weighted by Gasteiger charge is 2.24. The van der Waals surface area contributed by atoms with Gasteiger partial charge in [-0.15, -0.1) is 0 Å². The van der Waals surface area contributed by atoms with Crippen molar-refractivity contribution in [2.45, 2.75) is 25.9 Å². The number of likely N-dealkylation sites (tertiary alicyclic amines) is 1. The van der Waals surface area contributed by atoms with E-state index in [2.05, 4.69) is 10.3 Å². The van der Waals surface area contributed by atoms with Crippen LogP contribution in [0.4, 0.5) is 16.5 Å². The van der Waals surface area contributed by atoms with E-state index >= 15 is 0 Å². The molecule has 24 heavy (non-hydrogen) atoms. The van der Waals surface area contributed by atoms with E-state index in [0.717, 1.165) is 24.9 Å². The number of carbonyl (C=O) groups is 1. The molecule has 1 aromatic carbocycles. The Balaban J connectivity index is 1.68. The molecule has 0 spiro atoms. The number of carbonyl (C=O) groups excluding carboxylic acids is 1. The maximum atomic E-state index is 12.5. The van der Waals surface area contributed by atoms with E-state index in [1.165, 1.54) is 0 Å². The summed E-state index contributed by atoms with van der Waals surface area (Å²) in [6.07, 6.45) is 2.11. The number of anilines is 2. The highest BCUT2D eigenvalue weighted by Crippen LogP contribution is 2.24. The van der Waals surface area contributed by atoms with Crippen LogP contribution < -0.4 is 10.2 Å². The highest BCUT2D eigenvalue weighted by atomic mass is 16.5. The first-order chi connectivity index (χ1) is 11.6. The van der Waals surface area contributed by atoms with Gasteiger partial charge in [-0.2, -0.15) is 4.98 Å². The minimum absolute atomic E-state index is 0.105. The number of benzene rings is 1. The van der Waals surface area contributed by atoms with Crippen molar-refractivity contribution in [1.82, 2.24) is 9.88 Å². The third kappa shape index (κ3) is 3.62. The predicted molar refractivity (Wildman–Crippen MR) is 93.6 cm³/mol. The maximum Gasteiger partial charge on any atom is 0.321 e. The molecule has 1 saturated heterocycles. The number of fused-ring (bicyclic) bond motifs is 1. The molecule has 1 aliphatic heterocycles. The minimum Gasteiger partial charge on any atom is -0.423 e. The Labute approximate surface area is 141 Å². The van der Waals surface area contributed by atoms with Crippen LogP contribution >= 0.6 is 0 Å². The zero-order chi connectivity index (χ0) is 17.1. The first kappa shape index (κ1) is 16.6. The Hall–Kier alpha value is -2.28. The Bertz CT molecular complexity index is 711. The molecule has 130 valence electrons. The van der Waals surface area contributed by atoms with E-state index in [0.29, 0.717) is 30.4 Å². The largest absolute Gasteiger partial charge is 0.423 e. The number of nitrogens with zero attached hydrogens (tertiary/aromatic N) is 3. The predicted octanol–water partition coefficient (Wildman–Crippen LogP) is 2.93. The molecule has 7 nitrogen and oxygen atoms in total. The summed E-state index contributed by atoms with van der Waals surface area (Å²) in [5.41, 5.74) is 2.13. The first-order valence-electron chi connectivity index (χ1n) is 8.32. The Kier molecular flexibility index (Phi) is 4.89. The lowest BCUT2D eigenvalue weighted by atomic mass is 10.1. The van der Waals surface area contributed by atoms with Gasteiger partial charge in [-0.1, -0.05) is 0 Å². The second-order valence-corrected chi connectivity index (χ2v) is 6.17. The van der Waals surface area contributed by atoms with Gasteiger partial charge in [0, 0.05) is 45.5 Å². The van der Waals surface area contributed by atoms with E-state index < -0.39 is 0 Å².